The number of pyridine rings is 1. The van der Waals surface area contributed by atoms with Crippen molar-refractivity contribution >= 4 is 17.6 Å². The molecule has 6 nitrogen and oxygen atoms in total. The summed E-state index contributed by atoms with van der Waals surface area (Å²) in [5.74, 6) is 0.533. The molecule has 0 unspecified atom stereocenters. The lowest BCUT2D eigenvalue weighted by Crippen LogP contribution is -2.44. The zero-order chi connectivity index (χ0) is 19.1. The lowest BCUT2D eigenvalue weighted by atomic mass is 9.93. The van der Waals surface area contributed by atoms with Gasteiger partial charge in [0.2, 0.25) is 5.88 Å². The average molecular weight is 385 g/mol. The van der Waals surface area contributed by atoms with Gasteiger partial charge < -0.3 is 15.4 Å². The molecule has 0 spiro atoms. The summed E-state index contributed by atoms with van der Waals surface area (Å²) >= 11 is 5.85. The summed E-state index contributed by atoms with van der Waals surface area (Å²) < 4.78 is 5.86. The first kappa shape index (κ1) is 19.0. The molecule has 1 heterocycles. The Hall–Kier alpha value is -2.78. The maximum absolute atomic E-state index is 12.1. The van der Waals surface area contributed by atoms with Gasteiger partial charge in [-0.15, -0.1) is 0 Å². The van der Waals surface area contributed by atoms with Gasteiger partial charge in [0.1, 0.15) is 12.2 Å². The number of amides is 2. The molecule has 7 heteroatoms. The highest BCUT2D eigenvalue weighted by Gasteiger charge is 2.23. The number of hydrogen-bond donors (Lipinski definition) is 2. The Morgan fingerprint density at radius 1 is 1.19 bits per heavy atom. The van der Waals surface area contributed by atoms with Gasteiger partial charge in [0.15, 0.2) is 0 Å². The molecule has 1 aliphatic rings. The second-order valence-corrected chi connectivity index (χ2v) is 6.98. The minimum Gasteiger partial charge on any atom is -0.474 e. The Morgan fingerprint density at radius 2 is 1.93 bits per heavy atom. The van der Waals surface area contributed by atoms with Gasteiger partial charge in [0.25, 0.3) is 0 Å². The summed E-state index contributed by atoms with van der Waals surface area (Å²) in [4.78, 5) is 16.2. The number of aromatic nitrogens is 1. The van der Waals surface area contributed by atoms with Gasteiger partial charge in [0.05, 0.1) is 5.56 Å². The Balaban J connectivity index is 1.37. The standard InChI is InChI=1S/C20H21ClN4O2/c21-16-4-1-14(2-5-16)12-24-20(26)25-17-6-8-18(9-7-17)27-19-10-3-15(11-22)13-23-19/h1-5,10,13,17-18H,6-9,12H2,(H2,24,25,26). The first-order valence-corrected chi connectivity index (χ1v) is 9.32. The van der Waals surface area contributed by atoms with Crippen molar-refractivity contribution in [1.82, 2.24) is 15.6 Å². The van der Waals surface area contributed by atoms with Crippen LogP contribution in [0, 0.1) is 11.3 Å². The van der Waals surface area contributed by atoms with Crippen LogP contribution >= 0.6 is 11.6 Å². The smallest absolute Gasteiger partial charge is 0.315 e. The van der Waals surface area contributed by atoms with Gasteiger partial charge in [0, 0.05) is 29.9 Å². The predicted octanol–water partition coefficient (Wildman–Crippen LogP) is 3.80. The minimum atomic E-state index is -0.164. The van der Waals surface area contributed by atoms with E-state index >= 15 is 0 Å². The summed E-state index contributed by atoms with van der Waals surface area (Å²) in [6, 6.07) is 12.8. The molecule has 2 aromatic rings. The number of benzene rings is 1. The first-order valence-electron chi connectivity index (χ1n) is 8.94. The van der Waals surface area contributed by atoms with Crippen LogP contribution in [0.15, 0.2) is 42.6 Å². The number of nitrogens with one attached hydrogen (secondary N) is 2. The Morgan fingerprint density at radius 3 is 2.56 bits per heavy atom. The number of halogens is 1. The minimum absolute atomic E-state index is 0.0839. The number of nitrogens with zero attached hydrogens (tertiary/aromatic N) is 2. The number of carbonyl (C=O) groups excluding carboxylic acids is 1. The van der Waals surface area contributed by atoms with Gasteiger partial charge >= 0.3 is 6.03 Å². The maximum Gasteiger partial charge on any atom is 0.315 e. The first-order chi connectivity index (χ1) is 13.1. The van der Waals surface area contributed by atoms with Gasteiger partial charge in [-0.2, -0.15) is 5.26 Å². The summed E-state index contributed by atoms with van der Waals surface area (Å²) in [5.41, 5.74) is 1.52. The number of carbonyl (C=O) groups is 1. The second-order valence-electron chi connectivity index (χ2n) is 6.54. The van der Waals surface area contributed by atoms with Crippen LogP contribution < -0.4 is 15.4 Å². The third-order valence-corrected chi connectivity index (χ3v) is 4.78. The predicted molar refractivity (Wildman–Crippen MR) is 102 cm³/mol. The van der Waals surface area contributed by atoms with Crippen LogP contribution in [-0.4, -0.2) is 23.2 Å². The number of ether oxygens (including phenoxy) is 1. The van der Waals surface area contributed by atoms with Crippen LogP contribution in [0.2, 0.25) is 5.02 Å². The molecule has 2 N–H and O–H groups in total. The fourth-order valence-corrected chi connectivity index (χ4v) is 3.16. The Labute approximate surface area is 163 Å². The van der Waals surface area contributed by atoms with E-state index in [2.05, 4.69) is 15.6 Å². The van der Waals surface area contributed by atoms with Crippen molar-refractivity contribution in [3.8, 4) is 11.9 Å². The normalized spacial score (nSPS) is 19.0. The molecule has 0 bridgehead atoms. The number of hydrogen-bond acceptors (Lipinski definition) is 4. The summed E-state index contributed by atoms with van der Waals surface area (Å²) in [7, 11) is 0. The van der Waals surface area contributed by atoms with Gasteiger partial charge in [-0.1, -0.05) is 23.7 Å². The van der Waals surface area contributed by atoms with Gasteiger partial charge in [-0.05, 0) is 49.4 Å². The van der Waals surface area contributed by atoms with E-state index in [1.807, 2.05) is 18.2 Å². The summed E-state index contributed by atoms with van der Waals surface area (Å²) in [6.45, 7) is 0.464. The van der Waals surface area contributed by atoms with Crippen molar-refractivity contribution in [2.45, 2.75) is 44.4 Å². The van der Waals surface area contributed by atoms with Crippen molar-refractivity contribution in [3.05, 3.63) is 58.7 Å². The maximum atomic E-state index is 12.1. The number of urea groups is 1. The van der Waals surface area contributed by atoms with Crippen LogP contribution in [0.1, 0.15) is 36.8 Å². The highest BCUT2D eigenvalue weighted by atomic mass is 35.5. The summed E-state index contributed by atoms with van der Waals surface area (Å²) in [5, 5.41) is 15.4. The molecule has 27 heavy (non-hydrogen) atoms. The van der Waals surface area contributed by atoms with Crippen molar-refractivity contribution in [3.63, 3.8) is 0 Å². The van der Waals surface area contributed by atoms with Gasteiger partial charge in [-0.25, -0.2) is 9.78 Å². The molecule has 2 amide bonds. The van der Waals surface area contributed by atoms with Crippen LogP contribution in [-0.2, 0) is 6.54 Å². The van der Waals surface area contributed by atoms with Crippen molar-refractivity contribution in [2.24, 2.45) is 0 Å². The largest absolute Gasteiger partial charge is 0.474 e. The molecule has 1 saturated carbocycles. The van der Waals surface area contributed by atoms with E-state index in [1.54, 1.807) is 24.3 Å². The van der Waals surface area contributed by atoms with E-state index in [-0.39, 0.29) is 18.2 Å². The molecule has 0 saturated heterocycles. The van der Waals surface area contributed by atoms with Crippen LogP contribution in [0.5, 0.6) is 5.88 Å². The molecular formula is C20H21ClN4O2. The zero-order valence-electron chi connectivity index (χ0n) is 14.8. The molecule has 1 aliphatic carbocycles. The molecular weight excluding hydrogens is 364 g/mol. The fourth-order valence-electron chi connectivity index (χ4n) is 3.03. The third kappa shape index (κ3) is 5.87. The highest BCUT2D eigenvalue weighted by molar-refractivity contribution is 6.30. The second kappa shape index (κ2) is 9.24. The average Bonchev–Trinajstić information content (AvgIpc) is 2.70. The molecule has 0 aliphatic heterocycles. The van der Waals surface area contributed by atoms with E-state index in [9.17, 15) is 4.79 Å². The highest BCUT2D eigenvalue weighted by Crippen LogP contribution is 2.23. The monoisotopic (exact) mass is 384 g/mol. The third-order valence-electron chi connectivity index (χ3n) is 4.53. The number of nitriles is 1. The van der Waals surface area contributed by atoms with E-state index in [0.717, 1.165) is 31.2 Å². The molecule has 3 rings (SSSR count). The van der Waals surface area contributed by atoms with E-state index in [1.165, 1.54) is 6.20 Å². The molecule has 140 valence electrons. The SMILES string of the molecule is N#Cc1ccc(OC2CCC(NC(=O)NCc3ccc(Cl)cc3)CC2)nc1. The lowest BCUT2D eigenvalue weighted by molar-refractivity contribution is 0.135. The lowest BCUT2D eigenvalue weighted by Gasteiger charge is -2.29. The molecule has 0 radical (unpaired) electrons. The van der Waals surface area contributed by atoms with Crippen LogP contribution in [0.3, 0.4) is 0 Å². The molecule has 1 aromatic heterocycles. The van der Waals surface area contributed by atoms with Crippen molar-refractivity contribution < 1.29 is 9.53 Å². The van der Waals surface area contributed by atoms with Crippen LogP contribution in [0.25, 0.3) is 0 Å². The van der Waals surface area contributed by atoms with E-state index in [4.69, 9.17) is 21.6 Å². The Bertz CT molecular complexity index is 794. The van der Waals surface area contributed by atoms with Crippen LogP contribution in [0.4, 0.5) is 4.79 Å². The van der Waals surface area contributed by atoms with Gasteiger partial charge in [-0.3, -0.25) is 0 Å². The van der Waals surface area contributed by atoms with Crippen molar-refractivity contribution in [1.29, 1.82) is 5.26 Å². The molecule has 1 fully saturated rings. The topological polar surface area (TPSA) is 87.0 Å². The molecule has 0 atom stereocenters. The zero-order valence-corrected chi connectivity index (χ0v) is 15.6. The fraction of sp³-hybridized carbons (Fsp3) is 0.350. The molecule has 1 aromatic carbocycles. The summed E-state index contributed by atoms with van der Waals surface area (Å²) in [6.07, 6.45) is 5.01. The number of rotatable bonds is 5. The van der Waals surface area contributed by atoms with E-state index < -0.39 is 0 Å². The van der Waals surface area contributed by atoms with Crippen molar-refractivity contribution in [2.75, 3.05) is 0 Å². The quantitative estimate of drug-likeness (QED) is 0.820. The Kier molecular flexibility index (Phi) is 6.50. The van der Waals surface area contributed by atoms with E-state index in [0.29, 0.717) is 23.0 Å².